The van der Waals surface area contributed by atoms with E-state index in [1.807, 2.05) is 27.7 Å². The summed E-state index contributed by atoms with van der Waals surface area (Å²) in [5.41, 5.74) is -0.508. The SMILES string of the molecule is CCCn1ccnc(NC(CC(=O)O)C(C)(C)C)c1=O. The maximum absolute atomic E-state index is 12.2. The summed E-state index contributed by atoms with van der Waals surface area (Å²) in [4.78, 5) is 27.2. The molecular formula is C14H23N3O3. The van der Waals surface area contributed by atoms with E-state index in [9.17, 15) is 9.59 Å². The zero-order chi connectivity index (χ0) is 15.3. The van der Waals surface area contributed by atoms with E-state index in [1.165, 1.54) is 0 Å². The van der Waals surface area contributed by atoms with Crippen LogP contribution in [0.1, 0.15) is 40.5 Å². The number of hydrogen-bond acceptors (Lipinski definition) is 4. The van der Waals surface area contributed by atoms with E-state index >= 15 is 0 Å². The van der Waals surface area contributed by atoms with Crippen molar-refractivity contribution in [2.75, 3.05) is 5.32 Å². The molecule has 1 rings (SSSR count). The molecule has 1 aromatic heterocycles. The molecular weight excluding hydrogens is 258 g/mol. The average molecular weight is 281 g/mol. The first-order valence-corrected chi connectivity index (χ1v) is 6.79. The van der Waals surface area contributed by atoms with Crippen LogP contribution in [0.5, 0.6) is 0 Å². The third kappa shape index (κ3) is 4.36. The van der Waals surface area contributed by atoms with Gasteiger partial charge in [-0.3, -0.25) is 9.59 Å². The summed E-state index contributed by atoms with van der Waals surface area (Å²) in [6.07, 6.45) is 3.98. The second-order valence-electron chi connectivity index (χ2n) is 5.94. The Hall–Kier alpha value is -1.85. The molecule has 0 radical (unpaired) electrons. The largest absolute Gasteiger partial charge is 0.481 e. The molecule has 112 valence electrons. The molecule has 1 heterocycles. The van der Waals surface area contributed by atoms with E-state index < -0.39 is 5.97 Å². The molecule has 20 heavy (non-hydrogen) atoms. The van der Waals surface area contributed by atoms with Crippen LogP contribution in [-0.2, 0) is 11.3 Å². The molecule has 1 unspecified atom stereocenters. The Morgan fingerprint density at radius 3 is 2.65 bits per heavy atom. The Labute approximate surface area is 118 Å². The quantitative estimate of drug-likeness (QED) is 0.832. The normalized spacial score (nSPS) is 13.0. The summed E-state index contributed by atoms with van der Waals surface area (Å²) in [6, 6.07) is -0.363. The van der Waals surface area contributed by atoms with Gasteiger partial charge in [0, 0.05) is 25.0 Å². The van der Waals surface area contributed by atoms with Crippen LogP contribution in [0.2, 0.25) is 0 Å². The Morgan fingerprint density at radius 1 is 1.50 bits per heavy atom. The molecule has 0 aromatic carbocycles. The number of carboxylic acids is 1. The summed E-state index contributed by atoms with van der Waals surface area (Å²) in [5, 5.41) is 12.0. The lowest BCUT2D eigenvalue weighted by Crippen LogP contribution is -2.39. The number of aromatic nitrogens is 2. The van der Waals surface area contributed by atoms with Crippen molar-refractivity contribution in [1.29, 1.82) is 0 Å². The number of carboxylic acid groups (broad SMARTS) is 1. The number of carbonyl (C=O) groups is 1. The zero-order valence-corrected chi connectivity index (χ0v) is 12.5. The molecule has 6 heteroatoms. The number of anilines is 1. The molecule has 1 aromatic rings. The smallest absolute Gasteiger partial charge is 0.305 e. The second-order valence-corrected chi connectivity index (χ2v) is 5.94. The van der Waals surface area contributed by atoms with Crippen molar-refractivity contribution in [3.8, 4) is 0 Å². The fourth-order valence-corrected chi connectivity index (χ4v) is 1.88. The third-order valence-corrected chi connectivity index (χ3v) is 3.11. The summed E-state index contributed by atoms with van der Waals surface area (Å²) >= 11 is 0. The molecule has 2 N–H and O–H groups in total. The van der Waals surface area contributed by atoms with Crippen LogP contribution in [0.15, 0.2) is 17.2 Å². The van der Waals surface area contributed by atoms with E-state index in [2.05, 4.69) is 10.3 Å². The van der Waals surface area contributed by atoms with Gasteiger partial charge in [-0.15, -0.1) is 0 Å². The van der Waals surface area contributed by atoms with E-state index in [1.54, 1.807) is 17.0 Å². The first-order chi connectivity index (χ1) is 9.25. The van der Waals surface area contributed by atoms with Crippen molar-refractivity contribution in [2.24, 2.45) is 5.41 Å². The lowest BCUT2D eigenvalue weighted by molar-refractivity contribution is -0.137. The number of aryl methyl sites for hydroxylation is 1. The van der Waals surface area contributed by atoms with Crippen molar-refractivity contribution >= 4 is 11.8 Å². The lowest BCUT2D eigenvalue weighted by Gasteiger charge is -2.30. The van der Waals surface area contributed by atoms with Gasteiger partial charge >= 0.3 is 5.97 Å². The number of nitrogens with one attached hydrogen (secondary N) is 1. The number of rotatable bonds is 6. The van der Waals surface area contributed by atoms with Crippen LogP contribution in [0.25, 0.3) is 0 Å². The lowest BCUT2D eigenvalue weighted by atomic mass is 9.85. The number of aliphatic carboxylic acids is 1. The van der Waals surface area contributed by atoms with E-state index in [0.29, 0.717) is 6.54 Å². The van der Waals surface area contributed by atoms with Crippen LogP contribution in [0.4, 0.5) is 5.82 Å². The monoisotopic (exact) mass is 281 g/mol. The summed E-state index contributed by atoms with van der Waals surface area (Å²) < 4.78 is 1.58. The van der Waals surface area contributed by atoms with Crippen molar-refractivity contribution < 1.29 is 9.90 Å². The Bertz CT molecular complexity index is 517. The van der Waals surface area contributed by atoms with Gasteiger partial charge in [0.15, 0.2) is 5.82 Å². The van der Waals surface area contributed by atoms with Crippen molar-refractivity contribution in [3.05, 3.63) is 22.7 Å². The van der Waals surface area contributed by atoms with Crippen LogP contribution in [0.3, 0.4) is 0 Å². The van der Waals surface area contributed by atoms with Crippen LogP contribution in [-0.4, -0.2) is 26.7 Å². The first-order valence-electron chi connectivity index (χ1n) is 6.79. The minimum atomic E-state index is -0.901. The van der Waals surface area contributed by atoms with Crippen LogP contribution < -0.4 is 10.9 Å². The van der Waals surface area contributed by atoms with E-state index in [4.69, 9.17) is 5.11 Å². The maximum Gasteiger partial charge on any atom is 0.305 e. The molecule has 0 aliphatic carbocycles. The van der Waals surface area contributed by atoms with Gasteiger partial charge in [0.05, 0.1) is 6.42 Å². The van der Waals surface area contributed by atoms with E-state index in [0.717, 1.165) is 6.42 Å². The molecule has 0 amide bonds. The van der Waals surface area contributed by atoms with Gasteiger partial charge in [0.2, 0.25) is 0 Å². The highest BCUT2D eigenvalue weighted by atomic mass is 16.4. The molecule has 0 bridgehead atoms. The fraction of sp³-hybridized carbons (Fsp3) is 0.643. The summed E-state index contributed by atoms with van der Waals surface area (Å²) in [5.74, 6) is -0.690. The predicted molar refractivity (Wildman–Crippen MR) is 77.9 cm³/mol. The molecule has 0 aliphatic heterocycles. The Kier molecular flexibility index (Phi) is 5.30. The van der Waals surface area contributed by atoms with Gasteiger partial charge in [-0.2, -0.15) is 0 Å². The number of hydrogen-bond donors (Lipinski definition) is 2. The van der Waals surface area contributed by atoms with Gasteiger partial charge in [-0.25, -0.2) is 4.98 Å². The van der Waals surface area contributed by atoms with E-state index in [-0.39, 0.29) is 29.3 Å². The summed E-state index contributed by atoms with van der Waals surface area (Å²) in [7, 11) is 0. The Morgan fingerprint density at radius 2 is 2.15 bits per heavy atom. The van der Waals surface area contributed by atoms with Gasteiger partial charge in [-0.05, 0) is 11.8 Å². The first kappa shape index (κ1) is 16.2. The van der Waals surface area contributed by atoms with Gasteiger partial charge in [0.25, 0.3) is 5.56 Å². The van der Waals surface area contributed by atoms with Crippen molar-refractivity contribution in [2.45, 2.75) is 53.1 Å². The Balaban J connectivity index is 3.02. The average Bonchev–Trinajstić information content (AvgIpc) is 2.31. The van der Waals surface area contributed by atoms with Crippen LogP contribution >= 0.6 is 0 Å². The number of nitrogens with zero attached hydrogens (tertiary/aromatic N) is 2. The van der Waals surface area contributed by atoms with Gasteiger partial charge < -0.3 is 15.0 Å². The fourth-order valence-electron chi connectivity index (χ4n) is 1.88. The summed E-state index contributed by atoms with van der Waals surface area (Å²) in [6.45, 7) is 8.40. The highest BCUT2D eigenvalue weighted by Crippen LogP contribution is 2.24. The highest BCUT2D eigenvalue weighted by molar-refractivity contribution is 5.68. The van der Waals surface area contributed by atoms with Crippen molar-refractivity contribution in [1.82, 2.24) is 9.55 Å². The molecule has 0 spiro atoms. The maximum atomic E-state index is 12.2. The zero-order valence-electron chi connectivity index (χ0n) is 12.5. The minimum Gasteiger partial charge on any atom is -0.481 e. The highest BCUT2D eigenvalue weighted by Gasteiger charge is 2.28. The molecule has 1 atom stereocenters. The molecule has 0 saturated carbocycles. The second kappa shape index (κ2) is 6.54. The van der Waals surface area contributed by atoms with Crippen LogP contribution in [0, 0.1) is 5.41 Å². The molecule has 0 saturated heterocycles. The third-order valence-electron chi connectivity index (χ3n) is 3.11. The predicted octanol–water partition coefficient (Wildman–Crippen LogP) is 1.95. The molecule has 0 fully saturated rings. The van der Waals surface area contributed by atoms with Gasteiger partial charge in [0.1, 0.15) is 0 Å². The van der Waals surface area contributed by atoms with Crippen molar-refractivity contribution in [3.63, 3.8) is 0 Å². The standard InChI is InChI=1S/C14H23N3O3/c1-5-7-17-8-6-15-12(13(17)20)16-10(9-11(18)19)14(2,3)4/h6,8,10H,5,7,9H2,1-4H3,(H,15,16)(H,18,19). The molecule has 6 nitrogen and oxygen atoms in total. The topological polar surface area (TPSA) is 84.2 Å². The van der Waals surface area contributed by atoms with Gasteiger partial charge in [-0.1, -0.05) is 27.7 Å². The molecule has 0 aliphatic rings. The minimum absolute atomic E-state index is 0.0622.